The fourth-order valence-electron chi connectivity index (χ4n) is 2.12. The Morgan fingerprint density at radius 1 is 1.30 bits per heavy atom. The molecule has 23 heavy (non-hydrogen) atoms. The van der Waals surface area contributed by atoms with Crippen LogP contribution < -0.4 is 14.8 Å². The maximum Gasteiger partial charge on any atom is 0.244 e. The number of nitrogens with one attached hydrogen (secondary N) is 1. The van der Waals surface area contributed by atoms with E-state index in [0.717, 1.165) is 17.5 Å². The zero-order valence-electron chi connectivity index (χ0n) is 13.6. The van der Waals surface area contributed by atoms with Gasteiger partial charge in [0.25, 0.3) is 0 Å². The summed E-state index contributed by atoms with van der Waals surface area (Å²) in [6, 6.07) is 5.48. The van der Waals surface area contributed by atoms with Gasteiger partial charge in [-0.15, -0.1) is 0 Å². The number of aromatic nitrogens is 2. The molecule has 1 aromatic carbocycles. The van der Waals surface area contributed by atoms with Crippen LogP contribution in [0.15, 0.2) is 36.7 Å². The number of benzene rings is 1. The van der Waals surface area contributed by atoms with E-state index in [1.165, 1.54) is 6.08 Å². The Bertz CT molecular complexity index is 692. The fourth-order valence-corrected chi connectivity index (χ4v) is 2.12. The number of methoxy groups -OCH3 is 2. The number of hydrogen-bond acceptors (Lipinski definition) is 4. The molecule has 2 rings (SSSR count). The Morgan fingerprint density at radius 2 is 2.09 bits per heavy atom. The molecule has 6 heteroatoms. The number of carbonyl (C=O) groups excluding carboxylic acids is 1. The summed E-state index contributed by atoms with van der Waals surface area (Å²) in [6.07, 6.45) is 7.73. The normalized spacial score (nSPS) is 10.7. The van der Waals surface area contributed by atoms with Crippen LogP contribution in [-0.2, 0) is 18.3 Å². The number of ether oxygens (including phenoxy) is 2. The molecular weight excluding hydrogens is 294 g/mol. The zero-order chi connectivity index (χ0) is 16.7. The molecule has 0 radical (unpaired) electrons. The van der Waals surface area contributed by atoms with E-state index >= 15 is 0 Å². The zero-order valence-corrected chi connectivity index (χ0v) is 13.6. The number of rotatable bonds is 7. The van der Waals surface area contributed by atoms with Gasteiger partial charge in [-0.05, 0) is 35.8 Å². The summed E-state index contributed by atoms with van der Waals surface area (Å²) in [7, 11) is 5.04. The molecule has 0 spiro atoms. The highest BCUT2D eigenvalue weighted by atomic mass is 16.5. The van der Waals surface area contributed by atoms with Crippen LogP contribution in [0.4, 0.5) is 0 Å². The van der Waals surface area contributed by atoms with Gasteiger partial charge in [0.1, 0.15) is 0 Å². The van der Waals surface area contributed by atoms with Crippen LogP contribution in [-0.4, -0.2) is 36.5 Å². The lowest BCUT2D eigenvalue weighted by Crippen LogP contribution is -2.23. The topological polar surface area (TPSA) is 65.4 Å². The summed E-state index contributed by atoms with van der Waals surface area (Å²) in [5.41, 5.74) is 1.96. The predicted molar refractivity (Wildman–Crippen MR) is 88.5 cm³/mol. The molecule has 0 unspecified atom stereocenters. The van der Waals surface area contributed by atoms with Crippen molar-refractivity contribution < 1.29 is 14.3 Å². The average Bonchev–Trinajstić information content (AvgIpc) is 2.98. The van der Waals surface area contributed by atoms with Gasteiger partial charge in [-0.1, -0.05) is 6.07 Å². The first-order valence-corrected chi connectivity index (χ1v) is 7.28. The first-order chi connectivity index (χ1) is 11.1. The number of carbonyl (C=O) groups is 1. The van der Waals surface area contributed by atoms with Crippen molar-refractivity contribution in [3.8, 4) is 11.5 Å². The SMILES string of the molecule is COc1ccc(C=CC(=O)NCCc2cnn(C)c2)cc1OC. The van der Waals surface area contributed by atoms with Crippen molar-refractivity contribution in [2.75, 3.05) is 20.8 Å². The van der Waals surface area contributed by atoms with Gasteiger partial charge in [-0.25, -0.2) is 0 Å². The van der Waals surface area contributed by atoms with Crippen molar-refractivity contribution in [3.05, 3.63) is 47.8 Å². The average molecular weight is 315 g/mol. The Labute approximate surface area is 135 Å². The number of hydrogen-bond donors (Lipinski definition) is 1. The van der Waals surface area contributed by atoms with Gasteiger partial charge in [0.2, 0.25) is 5.91 Å². The van der Waals surface area contributed by atoms with Crippen molar-refractivity contribution in [3.63, 3.8) is 0 Å². The van der Waals surface area contributed by atoms with Crippen molar-refractivity contribution in [1.29, 1.82) is 0 Å². The first-order valence-electron chi connectivity index (χ1n) is 7.28. The van der Waals surface area contributed by atoms with Crippen LogP contribution in [0.2, 0.25) is 0 Å². The van der Waals surface area contributed by atoms with E-state index in [4.69, 9.17) is 9.47 Å². The third-order valence-electron chi connectivity index (χ3n) is 3.31. The van der Waals surface area contributed by atoms with Crippen molar-refractivity contribution in [2.24, 2.45) is 7.05 Å². The molecule has 1 N–H and O–H groups in total. The third-order valence-corrected chi connectivity index (χ3v) is 3.31. The molecular formula is C17H21N3O3. The van der Waals surface area contributed by atoms with E-state index in [9.17, 15) is 4.79 Å². The smallest absolute Gasteiger partial charge is 0.244 e. The van der Waals surface area contributed by atoms with E-state index in [0.29, 0.717) is 18.0 Å². The summed E-state index contributed by atoms with van der Waals surface area (Å²) >= 11 is 0. The second-order valence-corrected chi connectivity index (χ2v) is 5.01. The molecule has 2 aromatic rings. The van der Waals surface area contributed by atoms with Gasteiger partial charge in [-0.2, -0.15) is 5.10 Å². The van der Waals surface area contributed by atoms with Gasteiger partial charge in [0, 0.05) is 25.9 Å². The lowest BCUT2D eigenvalue weighted by atomic mass is 10.2. The van der Waals surface area contributed by atoms with Crippen LogP contribution in [0.25, 0.3) is 6.08 Å². The van der Waals surface area contributed by atoms with Crippen LogP contribution in [0.3, 0.4) is 0 Å². The number of aryl methyl sites for hydroxylation is 1. The minimum atomic E-state index is -0.135. The lowest BCUT2D eigenvalue weighted by molar-refractivity contribution is -0.116. The van der Waals surface area contributed by atoms with Crippen LogP contribution in [0.1, 0.15) is 11.1 Å². The highest BCUT2D eigenvalue weighted by molar-refractivity contribution is 5.91. The Hall–Kier alpha value is -2.76. The summed E-state index contributed by atoms with van der Waals surface area (Å²) in [6.45, 7) is 0.570. The monoisotopic (exact) mass is 315 g/mol. The molecule has 0 saturated carbocycles. The Balaban J connectivity index is 1.85. The third kappa shape index (κ3) is 4.88. The molecule has 0 fully saturated rings. The molecule has 0 saturated heterocycles. The van der Waals surface area contributed by atoms with Crippen LogP contribution in [0.5, 0.6) is 11.5 Å². The van der Waals surface area contributed by atoms with E-state index in [1.807, 2.05) is 25.4 Å². The summed E-state index contributed by atoms with van der Waals surface area (Å²) < 4.78 is 12.2. The highest BCUT2D eigenvalue weighted by Gasteiger charge is 2.03. The molecule has 0 aliphatic rings. The van der Waals surface area contributed by atoms with E-state index in [-0.39, 0.29) is 5.91 Å². The van der Waals surface area contributed by atoms with E-state index in [1.54, 1.807) is 37.2 Å². The molecule has 122 valence electrons. The minimum absolute atomic E-state index is 0.135. The van der Waals surface area contributed by atoms with Gasteiger partial charge in [0.05, 0.1) is 20.4 Å². The van der Waals surface area contributed by atoms with Crippen LogP contribution in [0, 0.1) is 0 Å². The molecule has 1 amide bonds. The Kier molecular flexibility index (Phi) is 5.80. The molecule has 0 aliphatic carbocycles. The second-order valence-electron chi connectivity index (χ2n) is 5.01. The molecule has 6 nitrogen and oxygen atoms in total. The highest BCUT2D eigenvalue weighted by Crippen LogP contribution is 2.27. The number of nitrogens with zero attached hydrogens (tertiary/aromatic N) is 2. The van der Waals surface area contributed by atoms with Crippen molar-refractivity contribution >= 4 is 12.0 Å². The molecule has 1 heterocycles. The maximum absolute atomic E-state index is 11.8. The van der Waals surface area contributed by atoms with Crippen molar-refractivity contribution in [1.82, 2.24) is 15.1 Å². The molecule has 1 aromatic heterocycles. The maximum atomic E-state index is 11.8. The summed E-state index contributed by atoms with van der Waals surface area (Å²) in [5.74, 6) is 1.15. The quantitative estimate of drug-likeness (QED) is 0.792. The largest absolute Gasteiger partial charge is 0.493 e. The molecule has 0 bridgehead atoms. The van der Waals surface area contributed by atoms with Gasteiger partial charge >= 0.3 is 0 Å². The predicted octanol–water partition coefficient (Wildman–Crippen LogP) is 1.81. The minimum Gasteiger partial charge on any atom is -0.493 e. The summed E-state index contributed by atoms with van der Waals surface area (Å²) in [5, 5.41) is 6.93. The Morgan fingerprint density at radius 3 is 2.74 bits per heavy atom. The van der Waals surface area contributed by atoms with Crippen LogP contribution >= 0.6 is 0 Å². The van der Waals surface area contributed by atoms with Gasteiger partial charge in [0.15, 0.2) is 11.5 Å². The molecule has 0 aliphatic heterocycles. The standard InChI is InChI=1S/C17H21N3O3/c1-20-12-14(11-19-20)8-9-18-17(21)7-5-13-4-6-15(22-2)16(10-13)23-3/h4-7,10-12H,8-9H2,1-3H3,(H,18,21). The first kappa shape index (κ1) is 16.6. The molecule has 0 atom stereocenters. The lowest BCUT2D eigenvalue weighted by Gasteiger charge is -2.07. The van der Waals surface area contributed by atoms with Crippen molar-refractivity contribution in [2.45, 2.75) is 6.42 Å². The van der Waals surface area contributed by atoms with Gasteiger partial charge in [-0.3, -0.25) is 9.48 Å². The summed E-state index contributed by atoms with van der Waals surface area (Å²) in [4.78, 5) is 11.8. The fraction of sp³-hybridized carbons (Fsp3) is 0.294. The van der Waals surface area contributed by atoms with E-state index < -0.39 is 0 Å². The van der Waals surface area contributed by atoms with Gasteiger partial charge < -0.3 is 14.8 Å². The number of amides is 1. The van der Waals surface area contributed by atoms with E-state index in [2.05, 4.69) is 10.4 Å². The second kappa shape index (κ2) is 8.03.